The predicted octanol–water partition coefficient (Wildman–Crippen LogP) is 2.00. The largest absolute Gasteiger partial charge is 0.466 e. The van der Waals surface area contributed by atoms with Crippen molar-refractivity contribution in [3.05, 3.63) is 34.9 Å². The number of benzene rings is 1. The van der Waals surface area contributed by atoms with Gasteiger partial charge in [0.15, 0.2) is 0 Å². The van der Waals surface area contributed by atoms with E-state index in [1.165, 1.54) is 16.7 Å². The molecule has 0 aromatic heterocycles. The molecular weight excluding hydrogens is 226 g/mol. The highest BCUT2D eigenvalue weighted by atomic mass is 16.5. The smallest absolute Gasteiger partial charge is 0.305 e. The van der Waals surface area contributed by atoms with E-state index in [1.807, 2.05) is 6.92 Å². The first-order valence-corrected chi connectivity index (χ1v) is 6.71. The van der Waals surface area contributed by atoms with E-state index in [0.29, 0.717) is 13.0 Å². The fourth-order valence-corrected chi connectivity index (χ4v) is 2.53. The number of esters is 1. The van der Waals surface area contributed by atoms with Crippen molar-refractivity contribution >= 4 is 5.97 Å². The summed E-state index contributed by atoms with van der Waals surface area (Å²) in [5, 5.41) is 0. The second kappa shape index (κ2) is 6.01. The lowest BCUT2D eigenvalue weighted by molar-refractivity contribution is -0.143. The number of hydrogen-bond donors (Lipinski definition) is 1. The van der Waals surface area contributed by atoms with Crippen LogP contribution in [-0.2, 0) is 28.8 Å². The van der Waals surface area contributed by atoms with Crippen molar-refractivity contribution in [2.24, 2.45) is 5.73 Å². The SMILES string of the molecule is CCOC(=O)CCCc1ccc2c(c1)CC(N)C2. The van der Waals surface area contributed by atoms with Crippen LogP contribution < -0.4 is 5.73 Å². The third kappa shape index (κ3) is 3.33. The van der Waals surface area contributed by atoms with Gasteiger partial charge in [0.1, 0.15) is 0 Å². The first kappa shape index (κ1) is 13.1. The Labute approximate surface area is 108 Å². The van der Waals surface area contributed by atoms with E-state index in [-0.39, 0.29) is 12.0 Å². The van der Waals surface area contributed by atoms with Crippen LogP contribution in [0.1, 0.15) is 36.5 Å². The summed E-state index contributed by atoms with van der Waals surface area (Å²) in [6, 6.07) is 6.87. The maximum atomic E-state index is 11.2. The number of fused-ring (bicyclic) bond motifs is 1. The van der Waals surface area contributed by atoms with Crippen LogP contribution >= 0.6 is 0 Å². The normalized spacial score (nSPS) is 17.6. The van der Waals surface area contributed by atoms with Crippen molar-refractivity contribution in [2.75, 3.05) is 6.61 Å². The molecule has 0 fully saturated rings. The molecule has 0 aliphatic heterocycles. The van der Waals surface area contributed by atoms with E-state index < -0.39 is 0 Å². The molecule has 2 rings (SSSR count). The van der Waals surface area contributed by atoms with Gasteiger partial charge in [0.05, 0.1) is 6.61 Å². The summed E-state index contributed by atoms with van der Waals surface area (Å²) >= 11 is 0. The van der Waals surface area contributed by atoms with Crippen LogP contribution in [0.2, 0.25) is 0 Å². The predicted molar refractivity (Wildman–Crippen MR) is 71.4 cm³/mol. The van der Waals surface area contributed by atoms with E-state index in [2.05, 4.69) is 18.2 Å². The lowest BCUT2D eigenvalue weighted by Gasteiger charge is -2.05. The molecule has 98 valence electrons. The zero-order chi connectivity index (χ0) is 13.0. The van der Waals surface area contributed by atoms with Crippen LogP contribution in [0.3, 0.4) is 0 Å². The van der Waals surface area contributed by atoms with Crippen LogP contribution in [0.25, 0.3) is 0 Å². The first-order valence-electron chi connectivity index (χ1n) is 6.71. The summed E-state index contributed by atoms with van der Waals surface area (Å²) in [6.45, 7) is 2.30. The van der Waals surface area contributed by atoms with Gasteiger partial charge in [-0.2, -0.15) is 0 Å². The van der Waals surface area contributed by atoms with E-state index in [9.17, 15) is 4.79 Å². The summed E-state index contributed by atoms with van der Waals surface area (Å²) in [5.74, 6) is -0.0966. The Morgan fingerprint density at radius 3 is 2.94 bits per heavy atom. The summed E-state index contributed by atoms with van der Waals surface area (Å²) in [6.07, 6.45) is 4.27. The molecule has 1 aromatic rings. The van der Waals surface area contributed by atoms with Gasteiger partial charge in [-0.15, -0.1) is 0 Å². The summed E-state index contributed by atoms with van der Waals surface area (Å²) in [7, 11) is 0. The van der Waals surface area contributed by atoms with Gasteiger partial charge in [-0.3, -0.25) is 4.79 Å². The molecule has 3 nitrogen and oxygen atoms in total. The minimum Gasteiger partial charge on any atom is -0.466 e. The third-order valence-electron chi connectivity index (χ3n) is 3.39. The number of hydrogen-bond acceptors (Lipinski definition) is 3. The van der Waals surface area contributed by atoms with Crippen LogP contribution in [0.15, 0.2) is 18.2 Å². The Hall–Kier alpha value is -1.35. The van der Waals surface area contributed by atoms with Crippen molar-refractivity contribution in [3.8, 4) is 0 Å². The Bertz CT molecular complexity index is 429. The molecule has 1 aliphatic carbocycles. The molecule has 0 amide bonds. The standard InChI is InChI=1S/C15H21NO2/c1-2-18-15(17)5-3-4-11-6-7-12-9-14(16)10-13(12)8-11/h6-8,14H,2-5,9-10,16H2,1H3. The van der Waals surface area contributed by atoms with Gasteiger partial charge in [-0.05, 0) is 49.3 Å². The maximum absolute atomic E-state index is 11.2. The van der Waals surface area contributed by atoms with Gasteiger partial charge >= 0.3 is 5.97 Å². The first-order chi connectivity index (χ1) is 8.69. The highest BCUT2D eigenvalue weighted by Crippen LogP contribution is 2.23. The molecule has 18 heavy (non-hydrogen) atoms. The summed E-state index contributed by atoms with van der Waals surface area (Å²) in [4.78, 5) is 11.2. The van der Waals surface area contributed by atoms with Gasteiger partial charge in [-0.1, -0.05) is 18.2 Å². The maximum Gasteiger partial charge on any atom is 0.305 e. The zero-order valence-corrected chi connectivity index (χ0v) is 10.9. The van der Waals surface area contributed by atoms with Gasteiger partial charge in [0.25, 0.3) is 0 Å². The quantitative estimate of drug-likeness (QED) is 0.810. The molecule has 0 heterocycles. The number of aryl methyl sites for hydroxylation is 1. The Balaban J connectivity index is 1.84. The molecule has 0 saturated heterocycles. The minimum atomic E-state index is -0.0966. The molecule has 2 N–H and O–H groups in total. The lowest BCUT2D eigenvalue weighted by atomic mass is 10.0. The fraction of sp³-hybridized carbons (Fsp3) is 0.533. The van der Waals surface area contributed by atoms with Gasteiger partial charge in [0.2, 0.25) is 0 Å². The van der Waals surface area contributed by atoms with Crippen molar-refractivity contribution < 1.29 is 9.53 Å². The Morgan fingerprint density at radius 1 is 1.39 bits per heavy atom. The van der Waals surface area contributed by atoms with E-state index >= 15 is 0 Å². The zero-order valence-electron chi connectivity index (χ0n) is 10.9. The highest BCUT2D eigenvalue weighted by molar-refractivity contribution is 5.69. The van der Waals surface area contributed by atoms with Crippen LogP contribution in [-0.4, -0.2) is 18.6 Å². The van der Waals surface area contributed by atoms with Gasteiger partial charge in [0, 0.05) is 12.5 Å². The number of rotatable bonds is 5. The number of carbonyl (C=O) groups excluding carboxylic acids is 1. The average molecular weight is 247 g/mol. The van der Waals surface area contributed by atoms with E-state index in [1.54, 1.807) is 0 Å². The molecule has 1 unspecified atom stereocenters. The van der Waals surface area contributed by atoms with E-state index in [0.717, 1.165) is 25.7 Å². The number of ether oxygens (including phenoxy) is 1. The molecular formula is C15H21NO2. The van der Waals surface area contributed by atoms with Gasteiger partial charge < -0.3 is 10.5 Å². The van der Waals surface area contributed by atoms with Crippen molar-refractivity contribution in [2.45, 2.75) is 45.1 Å². The second-order valence-corrected chi connectivity index (χ2v) is 4.93. The monoisotopic (exact) mass is 247 g/mol. The minimum absolute atomic E-state index is 0.0966. The Kier molecular flexibility index (Phi) is 4.37. The molecule has 1 aliphatic rings. The molecule has 0 bridgehead atoms. The van der Waals surface area contributed by atoms with Gasteiger partial charge in [-0.25, -0.2) is 0 Å². The van der Waals surface area contributed by atoms with E-state index in [4.69, 9.17) is 10.5 Å². The average Bonchev–Trinajstić information content (AvgIpc) is 2.69. The molecule has 0 saturated carbocycles. The number of carbonyl (C=O) groups is 1. The highest BCUT2D eigenvalue weighted by Gasteiger charge is 2.17. The summed E-state index contributed by atoms with van der Waals surface area (Å²) < 4.78 is 4.91. The Morgan fingerprint density at radius 2 is 2.17 bits per heavy atom. The third-order valence-corrected chi connectivity index (χ3v) is 3.39. The summed E-state index contributed by atoms with van der Waals surface area (Å²) in [5.41, 5.74) is 10.0. The molecule has 1 aromatic carbocycles. The topological polar surface area (TPSA) is 52.3 Å². The van der Waals surface area contributed by atoms with Crippen LogP contribution in [0.4, 0.5) is 0 Å². The van der Waals surface area contributed by atoms with Crippen LogP contribution in [0.5, 0.6) is 0 Å². The molecule has 0 spiro atoms. The second-order valence-electron chi connectivity index (χ2n) is 4.93. The molecule has 3 heteroatoms. The van der Waals surface area contributed by atoms with Crippen LogP contribution in [0, 0.1) is 0 Å². The lowest BCUT2D eigenvalue weighted by Crippen LogP contribution is -2.18. The number of nitrogens with two attached hydrogens (primary N) is 1. The van der Waals surface area contributed by atoms with Crippen molar-refractivity contribution in [1.82, 2.24) is 0 Å². The van der Waals surface area contributed by atoms with Crippen molar-refractivity contribution in [1.29, 1.82) is 0 Å². The molecule has 0 radical (unpaired) electrons. The fourth-order valence-electron chi connectivity index (χ4n) is 2.53. The molecule has 1 atom stereocenters. The van der Waals surface area contributed by atoms with Crippen molar-refractivity contribution in [3.63, 3.8) is 0 Å².